The van der Waals surface area contributed by atoms with E-state index in [2.05, 4.69) is 0 Å². The summed E-state index contributed by atoms with van der Waals surface area (Å²) in [5.74, 6) is 0.101. The number of carbonyl (C=O) groups excluding carboxylic acids is 1. The Labute approximate surface area is 53.9 Å². The number of hydrogen-bond acceptors (Lipinski definition) is 2. The zero-order valence-corrected chi connectivity index (χ0v) is 5.21. The number of carbonyl (C=O) groups is 1. The molecular formula is C6H11NO2. The third kappa shape index (κ3) is 1.68. The molecule has 1 saturated carbocycles. The summed E-state index contributed by atoms with van der Waals surface area (Å²) in [7, 11) is 0. The van der Waals surface area contributed by atoms with Crippen molar-refractivity contribution in [2.45, 2.75) is 25.4 Å². The molecule has 0 bridgehead atoms. The highest BCUT2D eigenvalue weighted by atomic mass is 16.3. The molecule has 3 N–H and O–H groups in total. The first-order chi connectivity index (χ1) is 4.18. The Balaban J connectivity index is 2.11. The molecule has 52 valence electrons. The second kappa shape index (κ2) is 2.35. The van der Waals surface area contributed by atoms with Gasteiger partial charge in [-0.25, -0.2) is 0 Å². The standard InChI is InChI=1S/C6H11NO2/c7-6(9)3-4-1-5(8)2-4/h4-5,8H,1-3H2,(H2,7,9). The van der Waals surface area contributed by atoms with Crippen LogP contribution in [-0.4, -0.2) is 17.1 Å². The Kier molecular flexibility index (Phi) is 1.71. The molecule has 1 amide bonds. The van der Waals surface area contributed by atoms with E-state index in [0.29, 0.717) is 12.3 Å². The van der Waals surface area contributed by atoms with Gasteiger partial charge < -0.3 is 10.8 Å². The SMILES string of the molecule is NC(=O)CC1CC(O)C1. The van der Waals surface area contributed by atoms with E-state index in [1.54, 1.807) is 0 Å². The van der Waals surface area contributed by atoms with Crippen molar-refractivity contribution in [2.24, 2.45) is 11.7 Å². The maximum atomic E-state index is 10.2. The van der Waals surface area contributed by atoms with Gasteiger partial charge >= 0.3 is 0 Å². The van der Waals surface area contributed by atoms with Crippen molar-refractivity contribution in [1.29, 1.82) is 0 Å². The zero-order valence-electron chi connectivity index (χ0n) is 5.21. The summed E-state index contributed by atoms with van der Waals surface area (Å²) in [6, 6.07) is 0. The van der Waals surface area contributed by atoms with Crippen molar-refractivity contribution < 1.29 is 9.90 Å². The smallest absolute Gasteiger partial charge is 0.217 e. The number of hydrogen-bond donors (Lipinski definition) is 2. The summed E-state index contributed by atoms with van der Waals surface area (Å²) in [4.78, 5) is 10.2. The van der Waals surface area contributed by atoms with Gasteiger partial charge in [0.1, 0.15) is 0 Å². The first-order valence-corrected chi connectivity index (χ1v) is 3.15. The van der Waals surface area contributed by atoms with Crippen LogP contribution in [-0.2, 0) is 4.79 Å². The summed E-state index contributed by atoms with van der Waals surface area (Å²) in [6.45, 7) is 0. The van der Waals surface area contributed by atoms with Crippen LogP contribution in [0.4, 0.5) is 0 Å². The topological polar surface area (TPSA) is 63.3 Å². The lowest BCUT2D eigenvalue weighted by Gasteiger charge is -2.30. The van der Waals surface area contributed by atoms with Crippen molar-refractivity contribution in [3.05, 3.63) is 0 Å². The molecule has 1 rings (SSSR count). The normalized spacial score (nSPS) is 33.4. The van der Waals surface area contributed by atoms with Crippen LogP contribution >= 0.6 is 0 Å². The molecular weight excluding hydrogens is 118 g/mol. The van der Waals surface area contributed by atoms with E-state index in [1.165, 1.54) is 0 Å². The number of rotatable bonds is 2. The van der Waals surface area contributed by atoms with Gasteiger partial charge in [0.05, 0.1) is 6.10 Å². The van der Waals surface area contributed by atoms with Crippen molar-refractivity contribution >= 4 is 5.91 Å². The van der Waals surface area contributed by atoms with Crippen molar-refractivity contribution in [1.82, 2.24) is 0 Å². The molecule has 0 heterocycles. The zero-order chi connectivity index (χ0) is 6.85. The van der Waals surface area contributed by atoms with Crippen LogP contribution in [0.15, 0.2) is 0 Å². The van der Waals surface area contributed by atoms with Crippen LogP contribution in [0.1, 0.15) is 19.3 Å². The van der Waals surface area contributed by atoms with Crippen LogP contribution in [0.5, 0.6) is 0 Å². The lowest BCUT2D eigenvalue weighted by molar-refractivity contribution is -0.120. The predicted octanol–water partition coefficient (Wildman–Crippen LogP) is -0.367. The van der Waals surface area contributed by atoms with Gasteiger partial charge in [0.2, 0.25) is 5.91 Å². The van der Waals surface area contributed by atoms with Gasteiger partial charge in [-0.1, -0.05) is 0 Å². The minimum absolute atomic E-state index is 0.172. The van der Waals surface area contributed by atoms with Crippen LogP contribution in [0.3, 0.4) is 0 Å². The monoisotopic (exact) mass is 129 g/mol. The fourth-order valence-electron chi connectivity index (χ4n) is 1.15. The van der Waals surface area contributed by atoms with Gasteiger partial charge in [-0.05, 0) is 18.8 Å². The van der Waals surface area contributed by atoms with E-state index >= 15 is 0 Å². The fraction of sp³-hybridized carbons (Fsp3) is 0.833. The maximum Gasteiger partial charge on any atom is 0.217 e. The third-order valence-electron chi connectivity index (χ3n) is 1.70. The highest BCUT2D eigenvalue weighted by molar-refractivity contribution is 5.74. The second-order valence-corrected chi connectivity index (χ2v) is 2.66. The average molecular weight is 129 g/mol. The molecule has 0 spiro atoms. The Hall–Kier alpha value is -0.570. The molecule has 3 nitrogen and oxygen atoms in total. The quantitative estimate of drug-likeness (QED) is 0.534. The summed E-state index contributed by atoms with van der Waals surface area (Å²) >= 11 is 0. The predicted molar refractivity (Wildman–Crippen MR) is 32.5 cm³/mol. The Bertz CT molecular complexity index is 118. The van der Waals surface area contributed by atoms with E-state index in [-0.39, 0.29) is 12.0 Å². The van der Waals surface area contributed by atoms with Gasteiger partial charge in [-0.2, -0.15) is 0 Å². The summed E-state index contributed by atoms with van der Waals surface area (Å²) in [5, 5.41) is 8.78. The molecule has 1 aliphatic rings. The van der Waals surface area contributed by atoms with Crippen LogP contribution in [0.25, 0.3) is 0 Å². The molecule has 0 aliphatic heterocycles. The van der Waals surface area contributed by atoms with E-state index in [4.69, 9.17) is 10.8 Å². The van der Waals surface area contributed by atoms with Crippen molar-refractivity contribution in [3.63, 3.8) is 0 Å². The first-order valence-electron chi connectivity index (χ1n) is 3.15. The molecule has 0 saturated heterocycles. The Morgan fingerprint density at radius 2 is 2.22 bits per heavy atom. The molecule has 0 aromatic heterocycles. The van der Waals surface area contributed by atoms with Gasteiger partial charge in [0.25, 0.3) is 0 Å². The summed E-state index contributed by atoms with van der Waals surface area (Å²) in [6.07, 6.45) is 1.78. The second-order valence-electron chi connectivity index (χ2n) is 2.66. The molecule has 0 atom stereocenters. The number of primary amides is 1. The van der Waals surface area contributed by atoms with Gasteiger partial charge in [0, 0.05) is 6.42 Å². The van der Waals surface area contributed by atoms with Gasteiger partial charge in [-0.15, -0.1) is 0 Å². The van der Waals surface area contributed by atoms with Crippen LogP contribution in [0, 0.1) is 5.92 Å². The molecule has 1 fully saturated rings. The third-order valence-corrected chi connectivity index (χ3v) is 1.70. The number of aliphatic hydroxyl groups excluding tert-OH is 1. The van der Waals surface area contributed by atoms with E-state index in [0.717, 1.165) is 12.8 Å². The van der Waals surface area contributed by atoms with E-state index in [9.17, 15) is 4.79 Å². The Morgan fingerprint density at radius 1 is 1.67 bits per heavy atom. The minimum Gasteiger partial charge on any atom is -0.393 e. The van der Waals surface area contributed by atoms with Crippen LogP contribution in [0.2, 0.25) is 0 Å². The molecule has 1 aliphatic carbocycles. The first kappa shape index (κ1) is 6.55. The highest BCUT2D eigenvalue weighted by Crippen LogP contribution is 2.29. The number of nitrogens with two attached hydrogens (primary N) is 1. The molecule has 0 aromatic carbocycles. The van der Waals surface area contributed by atoms with E-state index in [1.807, 2.05) is 0 Å². The summed E-state index contributed by atoms with van der Waals surface area (Å²) in [5.41, 5.74) is 4.93. The van der Waals surface area contributed by atoms with Crippen molar-refractivity contribution in [2.75, 3.05) is 0 Å². The largest absolute Gasteiger partial charge is 0.393 e. The molecule has 3 heteroatoms. The van der Waals surface area contributed by atoms with E-state index < -0.39 is 0 Å². The lowest BCUT2D eigenvalue weighted by atomic mass is 9.80. The number of aliphatic hydroxyl groups is 1. The molecule has 9 heavy (non-hydrogen) atoms. The summed E-state index contributed by atoms with van der Waals surface area (Å²) < 4.78 is 0. The molecule has 0 aromatic rings. The lowest BCUT2D eigenvalue weighted by Crippen LogP contribution is -2.31. The van der Waals surface area contributed by atoms with Crippen molar-refractivity contribution in [3.8, 4) is 0 Å². The average Bonchev–Trinajstić information content (AvgIpc) is 1.60. The number of amides is 1. The fourth-order valence-corrected chi connectivity index (χ4v) is 1.15. The maximum absolute atomic E-state index is 10.2. The Morgan fingerprint density at radius 3 is 2.56 bits per heavy atom. The highest BCUT2D eigenvalue weighted by Gasteiger charge is 2.27. The van der Waals surface area contributed by atoms with Crippen LogP contribution < -0.4 is 5.73 Å². The minimum atomic E-state index is -0.257. The van der Waals surface area contributed by atoms with Gasteiger partial charge in [-0.3, -0.25) is 4.79 Å². The van der Waals surface area contributed by atoms with Gasteiger partial charge in [0.15, 0.2) is 0 Å². The molecule has 0 radical (unpaired) electrons. The molecule has 0 unspecified atom stereocenters.